The average Bonchev–Trinajstić information content (AvgIpc) is 3.25. The molecule has 1 aromatic heterocycles. The fraction of sp³-hybridized carbons (Fsp3) is 0.692. The summed E-state index contributed by atoms with van der Waals surface area (Å²) < 4.78 is 21.3. The average molecular weight is 455 g/mol. The highest BCUT2D eigenvalue weighted by Crippen LogP contribution is 2.60. The Morgan fingerprint density at radius 1 is 1.03 bits per heavy atom. The maximum absolute atomic E-state index is 10.9. The van der Waals surface area contributed by atoms with Crippen molar-refractivity contribution in [2.75, 3.05) is 20.3 Å². The first-order valence-corrected chi connectivity index (χ1v) is 12.4. The molecule has 1 aromatic carbocycles. The van der Waals surface area contributed by atoms with Crippen molar-refractivity contribution in [3.63, 3.8) is 0 Å². The third-order valence-corrected chi connectivity index (χ3v) is 9.70. The smallest absolute Gasteiger partial charge is 0.198 e. The molecule has 9 atom stereocenters. The van der Waals surface area contributed by atoms with Crippen LogP contribution in [0.3, 0.4) is 0 Å². The fourth-order valence-electron chi connectivity index (χ4n) is 8.08. The quantitative estimate of drug-likeness (QED) is 0.637. The van der Waals surface area contributed by atoms with Gasteiger partial charge in [-0.05, 0) is 44.4 Å². The normalized spacial score (nSPS) is 46.9. The predicted molar refractivity (Wildman–Crippen MR) is 121 cm³/mol. The lowest BCUT2D eigenvalue weighted by Crippen LogP contribution is -2.60. The number of rotatable bonds is 0. The van der Waals surface area contributed by atoms with Crippen LogP contribution in [0, 0.1) is 17.8 Å². The molecule has 2 aromatic rings. The number of likely N-dealkylation sites (N-methyl/N-ethyl adjacent to an activating group) is 1. The highest BCUT2D eigenvalue weighted by atomic mass is 16.8. The maximum Gasteiger partial charge on any atom is 0.198 e. The Labute approximate surface area is 194 Å². The summed E-state index contributed by atoms with van der Waals surface area (Å²) in [5.74, 6) is -0.839. The van der Waals surface area contributed by atoms with Gasteiger partial charge in [-0.3, -0.25) is 4.90 Å². The van der Waals surface area contributed by atoms with E-state index in [2.05, 4.69) is 47.8 Å². The number of nitrogens with zero attached hydrogens (tertiary/aromatic N) is 2. The summed E-state index contributed by atoms with van der Waals surface area (Å²) >= 11 is 0. The van der Waals surface area contributed by atoms with Crippen molar-refractivity contribution in [2.24, 2.45) is 24.8 Å². The van der Waals surface area contributed by atoms with Gasteiger partial charge >= 0.3 is 0 Å². The SMILES string of the molecule is CN1[C@H]2C[C@@H]3[C@@H](CO[C@@]4(C)O[C@@]5(C[C@@H]34)OC[C@H](O)C[C@H]5O)[C@@H]1Cc1c2n(C)c2ccccc12. The van der Waals surface area contributed by atoms with E-state index in [0.717, 1.165) is 12.8 Å². The largest absolute Gasteiger partial charge is 0.391 e. The lowest BCUT2D eigenvalue weighted by Gasteiger charge is -2.57. The maximum atomic E-state index is 10.9. The molecule has 2 bridgehead atoms. The van der Waals surface area contributed by atoms with Crippen LogP contribution in [0.2, 0.25) is 0 Å². The minimum Gasteiger partial charge on any atom is -0.391 e. The van der Waals surface area contributed by atoms with Crippen LogP contribution in [0.25, 0.3) is 10.9 Å². The van der Waals surface area contributed by atoms with Gasteiger partial charge < -0.3 is 29.0 Å². The Morgan fingerprint density at radius 3 is 2.67 bits per heavy atom. The Balaban J connectivity index is 1.28. The number of aromatic nitrogens is 1. The number of ether oxygens (including phenoxy) is 3. The van der Waals surface area contributed by atoms with Crippen LogP contribution in [-0.2, 0) is 27.7 Å². The molecular weight excluding hydrogens is 420 g/mol. The molecule has 0 unspecified atom stereocenters. The third kappa shape index (κ3) is 2.66. The van der Waals surface area contributed by atoms with E-state index in [0.29, 0.717) is 36.9 Å². The van der Waals surface area contributed by atoms with E-state index in [1.54, 1.807) is 0 Å². The summed E-state index contributed by atoms with van der Waals surface area (Å²) in [7, 11) is 4.49. The fourth-order valence-corrected chi connectivity index (χ4v) is 8.08. The van der Waals surface area contributed by atoms with Crippen molar-refractivity contribution < 1.29 is 24.4 Å². The van der Waals surface area contributed by atoms with E-state index in [1.807, 2.05) is 6.92 Å². The highest BCUT2D eigenvalue weighted by Gasteiger charge is 2.66. The third-order valence-electron chi connectivity index (χ3n) is 9.70. The molecule has 0 saturated carbocycles. The minimum absolute atomic E-state index is 0.149. The number of hydrogen-bond acceptors (Lipinski definition) is 6. The summed E-state index contributed by atoms with van der Waals surface area (Å²) in [5, 5.41) is 22.2. The zero-order valence-corrected chi connectivity index (χ0v) is 19.6. The van der Waals surface area contributed by atoms with Gasteiger partial charge in [-0.25, -0.2) is 0 Å². The molecular formula is C26H34N2O5. The lowest BCUT2D eigenvalue weighted by atomic mass is 9.63. The Bertz CT molecular complexity index is 1120. The molecule has 7 heteroatoms. The van der Waals surface area contributed by atoms with Crippen LogP contribution in [0.15, 0.2) is 24.3 Å². The topological polar surface area (TPSA) is 76.3 Å². The van der Waals surface area contributed by atoms with Crippen molar-refractivity contribution in [3.05, 3.63) is 35.5 Å². The Hall–Kier alpha value is -1.48. The monoisotopic (exact) mass is 454 g/mol. The summed E-state index contributed by atoms with van der Waals surface area (Å²) in [5.41, 5.74) is 4.27. The number of aliphatic hydroxyl groups is 2. The summed E-state index contributed by atoms with van der Waals surface area (Å²) in [6.07, 6.45) is 1.49. The summed E-state index contributed by atoms with van der Waals surface area (Å²) in [4.78, 5) is 2.59. The number of para-hydroxylation sites is 1. The Morgan fingerprint density at radius 2 is 1.85 bits per heavy atom. The van der Waals surface area contributed by atoms with Crippen molar-refractivity contribution >= 4 is 10.9 Å². The van der Waals surface area contributed by atoms with Gasteiger partial charge in [-0.1, -0.05) is 18.2 Å². The van der Waals surface area contributed by atoms with Crippen LogP contribution in [0.5, 0.6) is 0 Å². The second kappa shape index (κ2) is 6.80. The number of benzene rings is 1. The van der Waals surface area contributed by atoms with E-state index >= 15 is 0 Å². The molecule has 7 rings (SSSR count). The molecule has 4 fully saturated rings. The van der Waals surface area contributed by atoms with Gasteiger partial charge in [0, 0.05) is 54.4 Å². The molecule has 33 heavy (non-hydrogen) atoms. The number of aliphatic hydroxyl groups excluding tert-OH is 2. The first-order chi connectivity index (χ1) is 15.8. The van der Waals surface area contributed by atoms with E-state index in [4.69, 9.17) is 14.2 Å². The molecule has 178 valence electrons. The molecule has 5 aliphatic rings. The second-order valence-corrected chi connectivity index (χ2v) is 11.2. The van der Waals surface area contributed by atoms with E-state index in [-0.39, 0.29) is 18.9 Å². The number of fused-ring (bicyclic) bond motifs is 10. The summed E-state index contributed by atoms with van der Waals surface area (Å²) in [6.45, 7) is 2.88. The minimum atomic E-state index is -1.07. The molecule has 2 N–H and O–H groups in total. The Kier molecular flexibility index (Phi) is 4.30. The number of hydrogen-bond donors (Lipinski definition) is 2. The lowest BCUT2D eigenvalue weighted by molar-refractivity contribution is -0.372. The molecule has 0 amide bonds. The van der Waals surface area contributed by atoms with Gasteiger partial charge in [-0.15, -0.1) is 0 Å². The van der Waals surface area contributed by atoms with Gasteiger partial charge in [-0.2, -0.15) is 0 Å². The van der Waals surface area contributed by atoms with Crippen LogP contribution >= 0.6 is 0 Å². The van der Waals surface area contributed by atoms with Gasteiger partial charge in [0.2, 0.25) is 0 Å². The molecule has 5 aliphatic heterocycles. The number of piperidine rings is 1. The first kappa shape index (κ1) is 20.9. The second-order valence-electron chi connectivity index (χ2n) is 11.2. The van der Waals surface area contributed by atoms with Gasteiger partial charge in [0.25, 0.3) is 0 Å². The number of aryl methyl sites for hydroxylation is 1. The van der Waals surface area contributed by atoms with Crippen molar-refractivity contribution in [1.29, 1.82) is 0 Å². The zero-order chi connectivity index (χ0) is 22.7. The van der Waals surface area contributed by atoms with Crippen LogP contribution < -0.4 is 0 Å². The van der Waals surface area contributed by atoms with E-state index in [1.165, 1.54) is 22.2 Å². The zero-order valence-electron chi connectivity index (χ0n) is 19.6. The molecule has 6 heterocycles. The molecule has 0 aliphatic carbocycles. The van der Waals surface area contributed by atoms with Gasteiger partial charge in [0.1, 0.15) is 6.10 Å². The standard InChI is InChI=1S/C26H34N2O5/c1-25-19(11-26(33-25)23(30)8-14(29)12-32-26)16-9-22-24-17(10-21(27(22)2)18(16)13-31-25)15-6-4-5-7-20(15)28(24)3/h4-7,14,16,18-19,21-23,29-30H,8-13H2,1-3H3/t14-,16-,18-,19+,21+,22+,23-,25+,26-/m1/s1. The molecule has 7 nitrogen and oxygen atoms in total. The van der Waals surface area contributed by atoms with Crippen LogP contribution in [-0.4, -0.2) is 69.8 Å². The molecule has 4 saturated heterocycles. The highest BCUT2D eigenvalue weighted by molar-refractivity contribution is 5.86. The van der Waals surface area contributed by atoms with Crippen molar-refractivity contribution in [2.45, 2.75) is 68.5 Å². The van der Waals surface area contributed by atoms with E-state index in [9.17, 15) is 10.2 Å². The van der Waals surface area contributed by atoms with Gasteiger partial charge in [0.15, 0.2) is 11.6 Å². The molecule has 0 radical (unpaired) electrons. The molecule has 1 spiro atoms. The van der Waals surface area contributed by atoms with Crippen LogP contribution in [0.4, 0.5) is 0 Å². The summed E-state index contributed by atoms with van der Waals surface area (Å²) in [6, 6.07) is 9.56. The van der Waals surface area contributed by atoms with Crippen molar-refractivity contribution in [3.8, 4) is 0 Å². The predicted octanol–water partition coefficient (Wildman–Crippen LogP) is 2.33. The van der Waals surface area contributed by atoms with Crippen LogP contribution in [0.1, 0.15) is 43.5 Å². The first-order valence-electron chi connectivity index (χ1n) is 12.4. The van der Waals surface area contributed by atoms with Crippen molar-refractivity contribution in [1.82, 2.24) is 9.47 Å². The van der Waals surface area contributed by atoms with E-state index < -0.39 is 23.8 Å². The van der Waals surface area contributed by atoms with Gasteiger partial charge in [0.05, 0.1) is 25.4 Å².